The van der Waals surface area contributed by atoms with Crippen LogP contribution in [0.2, 0.25) is 0 Å². The second kappa shape index (κ2) is 10.7. The van der Waals surface area contributed by atoms with Gasteiger partial charge < -0.3 is 10.4 Å². The highest BCUT2D eigenvalue weighted by Crippen LogP contribution is 2.27. The SMILES string of the molecule is O=C(O)c1ccc(CNC(=O)c2cc(-c3ccc(F)cc3)cc3cnc(Cc4ccc5ccccc5c4F)n23)cc1. The summed E-state index contributed by atoms with van der Waals surface area (Å²) in [6, 6.07) is 26.6. The number of hydrogen-bond donors (Lipinski definition) is 2. The van der Waals surface area contributed by atoms with Crippen molar-refractivity contribution in [1.82, 2.24) is 14.7 Å². The van der Waals surface area contributed by atoms with Gasteiger partial charge in [0, 0.05) is 18.4 Å². The quantitative estimate of drug-likeness (QED) is 0.234. The second-order valence-electron chi connectivity index (χ2n) is 9.69. The van der Waals surface area contributed by atoms with Crippen LogP contribution in [-0.2, 0) is 13.0 Å². The van der Waals surface area contributed by atoms with Crippen molar-refractivity contribution < 1.29 is 23.5 Å². The number of fused-ring (bicyclic) bond motifs is 2. The van der Waals surface area contributed by atoms with Crippen LogP contribution in [0.5, 0.6) is 0 Å². The van der Waals surface area contributed by atoms with E-state index in [1.54, 1.807) is 59.1 Å². The molecular weight excluding hydrogens is 524 g/mol. The van der Waals surface area contributed by atoms with Crippen molar-refractivity contribution in [2.24, 2.45) is 0 Å². The maximum Gasteiger partial charge on any atom is 0.335 e. The largest absolute Gasteiger partial charge is 0.478 e. The molecule has 0 saturated carbocycles. The summed E-state index contributed by atoms with van der Waals surface area (Å²) >= 11 is 0. The van der Waals surface area contributed by atoms with E-state index in [0.29, 0.717) is 27.9 Å². The zero-order chi connectivity index (χ0) is 28.5. The van der Waals surface area contributed by atoms with E-state index in [1.807, 2.05) is 24.3 Å². The standard InChI is InChI=1S/C33H23F2N3O3/c34-26-13-11-21(12-14-26)25-15-27-19-36-30(17-24-10-9-22-3-1-2-4-28(22)31(24)35)38(27)29(16-25)32(39)37-18-20-5-7-23(8-6-20)33(40)41/h1-16,19H,17-18H2,(H,37,39)(H,40,41). The number of amides is 1. The molecule has 0 aliphatic heterocycles. The maximum atomic E-state index is 15.4. The first-order chi connectivity index (χ1) is 19.9. The van der Waals surface area contributed by atoms with Gasteiger partial charge in [-0.3, -0.25) is 9.20 Å². The molecule has 0 fully saturated rings. The zero-order valence-electron chi connectivity index (χ0n) is 21.6. The summed E-state index contributed by atoms with van der Waals surface area (Å²) in [5, 5.41) is 13.3. The number of halogens is 2. The van der Waals surface area contributed by atoms with Crippen molar-refractivity contribution in [2.75, 3.05) is 0 Å². The lowest BCUT2D eigenvalue weighted by Gasteiger charge is -2.13. The van der Waals surface area contributed by atoms with Crippen molar-refractivity contribution in [2.45, 2.75) is 13.0 Å². The summed E-state index contributed by atoms with van der Waals surface area (Å²) in [5.41, 5.74) is 3.63. The molecule has 0 aliphatic carbocycles. The van der Waals surface area contributed by atoms with Gasteiger partial charge in [-0.2, -0.15) is 0 Å². The Morgan fingerprint density at radius 3 is 2.37 bits per heavy atom. The molecule has 6 nitrogen and oxygen atoms in total. The van der Waals surface area contributed by atoms with E-state index in [4.69, 9.17) is 5.11 Å². The summed E-state index contributed by atoms with van der Waals surface area (Å²) in [5.74, 6) is -1.66. The van der Waals surface area contributed by atoms with Crippen molar-refractivity contribution in [3.05, 3.63) is 143 Å². The van der Waals surface area contributed by atoms with Crippen LogP contribution in [0.4, 0.5) is 8.78 Å². The fourth-order valence-corrected chi connectivity index (χ4v) is 4.92. The number of carbonyl (C=O) groups is 2. The lowest BCUT2D eigenvalue weighted by molar-refractivity contribution is 0.0696. The molecule has 1 amide bonds. The predicted octanol–water partition coefficient (Wildman–Crippen LogP) is 6.65. The molecule has 0 unspecified atom stereocenters. The Hall–Kier alpha value is -5.37. The molecule has 8 heteroatoms. The van der Waals surface area contributed by atoms with Crippen LogP contribution in [0, 0.1) is 11.6 Å². The molecule has 4 aromatic carbocycles. The zero-order valence-corrected chi connectivity index (χ0v) is 21.6. The molecule has 41 heavy (non-hydrogen) atoms. The minimum Gasteiger partial charge on any atom is -0.478 e. The number of carboxylic acids is 1. The highest BCUT2D eigenvalue weighted by Gasteiger charge is 2.19. The highest BCUT2D eigenvalue weighted by atomic mass is 19.1. The number of carboxylic acid groups (broad SMARTS) is 1. The van der Waals surface area contributed by atoms with Crippen molar-refractivity contribution >= 4 is 28.2 Å². The van der Waals surface area contributed by atoms with Gasteiger partial charge in [0.25, 0.3) is 5.91 Å². The average molecular weight is 548 g/mol. The number of nitrogens with zero attached hydrogens (tertiary/aromatic N) is 2. The van der Waals surface area contributed by atoms with Crippen molar-refractivity contribution in [3.8, 4) is 11.1 Å². The molecular formula is C33H23F2N3O3. The summed E-state index contributed by atoms with van der Waals surface area (Å²) in [7, 11) is 0. The number of benzene rings is 4. The number of aromatic nitrogens is 2. The maximum absolute atomic E-state index is 15.4. The van der Waals surface area contributed by atoms with Gasteiger partial charge in [-0.1, -0.05) is 60.7 Å². The molecule has 2 heterocycles. The molecule has 0 atom stereocenters. The van der Waals surface area contributed by atoms with Gasteiger partial charge in [0.05, 0.1) is 17.3 Å². The Balaban J connectivity index is 1.39. The molecule has 6 rings (SSSR count). The number of nitrogens with one attached hydrogen (secondary N) is 1. The summed E-state index contributed by atoms with van der Waals surface area (Å²) in [6.45, 7) is 0.157. The van der Waals surface area contributed by atoms with E-state index >= 15 is 4.39 Å². The third kappa shape index (κ3) is 5.15. The van der Waals surface area contributed by atoms with Gasteiger partial charge in [0.2, 0.25) is 0 Å². The van der Waals surface area contributed by atoms with E-state index < -0.39 is 11.9 Å². The Morgan fingerprint density at radius 2 is 1.61 bits per heavy atom. The topological polar surface area (TPSA) is 83.7 Å². The predicted molar refractivity (Wildman–Crippen MR) is 152 cm³/mol. The Kier molecular flexibility index (Phi) is 6.73. The van der Waals surface area contributed by atoms with E-state index in [-0.39, 0.29) is 35.9 Å². The van der Waals surface area contributed by atoms with Gasteiger partial charge >= 0.3 is 5.97 Å². The van der Waals surface area contributed by atoms with E-state index in [2.05, 4.69) is 10.3 Å². The van der Waals surface area contributed by atoms with Gasteiger partial charge in [-0.25, -0.2) is 18.6 Å². The van der Waals surface area contributed by atoms with Crippen LogP contribution in [-0.4, -0.2) is 26.4 Å². The van der Waals surface area contributed by atoms with Crippen LogP contribution < -0.4 is 5.32 Å². The summed E-state index contributed by atoms with van der Waals surface area (Å²) in [6.07, 6.45) is 1.78. The normalized spacial score (nSPS) is 11.2. The smallest absolute Gasteiger partial charge is 0.335 e. The Bertz CT molecular complexity index is 1930. The van der Waals surface area contributed by atoms with Crippen LogP contribution in [0.1, 0.15) is 37.8 Å². The van der Waals surface area contributed by atoms with Crippen molar-refractivity contribution in [3.63, 3.8) is 0 Å². The molecule has 0 saturated heterocycles. The fourth-order valence-electron chi connectivity index (χ4n) is 4.92. The molecule has 0 aliphatic rings. The third-order valence-corrected chi connectivity index (χ3v) is 7.05. The Labute approximate surface area is 233 Å². The first-order valence-electron chi connectivity index (χ1n) is 12.9. The fraction of sp³-hybridized carbons (Fsp3) is 0.0606. The number of carbonyl (C=O) groups excluding carboxylic acids is 1. The average Bonchev–Trinajstić information content (AvgIpc) is 3.40. The lowest BCUT2D eigenvalue weighted by Crippen LogP contribution is -2.25. The Morgan fingerprint density at radius 1 is 0.854 bits per heavy atom. The van der Waals surface area contributed by atoms with Gasteiger partial charge in [-0.15, -0.1) is 0 Å². The molecule has 0 bridgehead atoms. The minimum absolute atomic E-state index is 0.150. The van der Waals surface area contributed by atoms with E-state index in [9.17, 15) is 14.0 Å². The number of pyridine rings is 1. The first-order valence-corrected chi connectivity index (χ1v) is 12.9. The molecule has 2 N–H and O–H groups in total. The van der Waals surface area contributed by atoms with Gasteiger partial charge in [-0.05, 0) is 64.0 Å². The lowest BCUT2D eigenvalue weighted by atomic mass is 10.0. The number of rotatable bonds is 7. The van der Waals surface area contributed by atoms with Crippen LogP contribution >= 0.6 is 0 Å². The second-order valence-corrected chi connectivity index (χ2v) is 9.69. The molecule has 0 radical (unpaired) electrons. The van der Waals surface area contributed by atoms with E-state index in [1.165, 1.54) is 24.3 Å². The number of hydrogen-bond acceptors (Lipinski definition) is 3. The van der Waals surface area contributed by atoms with E-state index in [0.717, 1.165) is 16.5 Å². The third-order valence-electron chi connectivity index (χ3n) is 7.05. The highest BCUT2D eigenvalue weighted by molar-refractivity contribution is 5.95. The molecule has 2 aromatic heterocycles. The summed E-state index contributed by atoms with van der Waals surface area (Å²) in [4.78, 5) is 29.3. The number of aromatic carboxylic acids is 1. The molecule has 6 aromatic rings. The van der Waals surface area contributed by atoms with Gasteiger partial charge in [0.1, 0.15) is 23.2 Å². The van der Waals surface area contributed by atoms with Gasteiger partial charge in [0.15, 0.2) is 0 Å². The monoisotopic (exact) mass is 547 g/mol. The number of imidazole rings is 1. The summed E-state index contributed by atoms with van der Waals surface area (Å²) < 4.78 is 30.7. The van der Waals surface area contributed by atoms with Crippen molar-refractivity contribution in [1.29, 1.82) is 0 Å². The molecule has 202 valence electrons. The van der Waals surface area contributed by atoms with Crippen LogP contribution in [0.3, 0.4) is 0 Å². The first kappa shape index (κ1) is 25.9. The minimum atomic E-state index is -1.03. The van der Waals surface area contributed by atoms with Crippen LogP contribution in [0.25, 0.3) is 27.4 Å². The van der Waals surface area contributed by atoms with Crippen LogP contribution in [0.15, 0.2) is 103 Å². The molecule has 0 spiro atoms.